The van der Waals surface area contributed by atoms with Gasteiger partial charge < -0.3 is 14.8 Å². The van der Waals surface area contributed by atoms with Crippen molar-refractivity contribution < 1.29 is 32.2 Å². The predicted octanol–water partition coefficient (Wildman–Crippen LogP) is 5.81. The maximum Gasteiger partial charge on any atom is 0.435 e. The van der Waals surface area contributed by atoms with Crippen LogP contribution < -0.4 is 10.1 Å². The molecular weight excluding hydrogens is 487 g/mol. The van der Waals surface area contributed by atoms with Crippen LogP contribution in [0.25, 0.3) is 5.69 Å². The van der Waals surface area contributed by atoms with Crippen molar-refractivity contribution in [2.45, 2.75) is 32.5 Å². The molecule has 0 unspecified atom stereocenters. The van der Waals surface area contributed by atoms with Gasteiger partial charge in [0.15, 0.2) is 12.3 Å². The van der Waals surface area contributed by atoms with Gasteiger partial charge in [-0.1, -0.05) is 35.9 Å². The molecule has 0 radical (unpaired) electrons. The Morgan fingerprint density at radius 3 is 2.34 bits per heavy atom. The molecule has 0 aliphatic rings. The predicted molar refractivity (Wildman–Crippen MR) is 126 cm³/mol. The van der Waals surface area contributed by atoms with E-state index in [9.17, 15) is 22.8 Å². The second-order valence-corrected chi connectivity index (χ2v) is 8.53. The van der Waals surface area contributed by atoms with Crippen LogP contribution in [0, 0.1) is 0 Å². The molecule has 0 saturated heterocycles. The van der Waals surface area contributed by atoms with Crippen LogP contribution >= 0.6 is 11.6 Å². The Bertz CT molecular complexity index is 1160. The number of ether oxygens (including phenoxy) is 2. The third kappa shape index (κ3) is 8.73. The molecule has 2 aromatic carbocycles. The zero-order valence-electron chi connectivity index (χ0n) is 19.5. The van der Waals surface area contributed by atoms with E-state index >= 15 is 0 Å². The Kier molecular flexibility index (Phi) is 9.44. The molecule has 1 aromatic heterocycles. The van der Waals surface area contributed by atoms with Crippen molar-refractivity contribution in [1.82, 2.24) is 9.78 Å². The summed E-state index contributed by atoms with van der Waals surface area (Å²) in [7, 11) is 1.71. The summed E-state index contributed by atoms with van der Waals surface area (Å²) in [6, 6.07) is 13.0. The number of aromatic nitrogens is 2. The highest BCUT2D eigenvalue weighted by Gasteiger charge is 2.36. The first-order chi connectivity index (χ1) is 16.3. The molecular formula is C24H25ClF3N3O4. The largest absolute Gasteiger partial charge is 0.467 e. The molecule has 0 aliphatic carbocycles. The van der Waals surface area contributed by atoms with Crippen molar-refractivity contribution in [3.63, 3.8) is 0 Å². The molecule has 7 nitrogen and oxygen atoms in total. The second-order valence-electron chi connectivity index (χ2n) is 8.13. The number of benzene rings is 2. The minimum absolute atomic E-state index is 0.0417. The van der Waals surface area contributed by atoms with Crippen molar-refractivity contribution >= 4 is 29.5 Å². The monoisotopic (exact) mass is 511 g/mol. The third-order valence-corrected chi connectivity index (χ3v) is 4.64. The zero-order chi connectivity index (χ0) is 26.2. The van der Waals surface area contributed by atoms with Crippen LogP contribution in [0.5, 0.6) is 5.88 Å². The van der Waals surface area contributed by atoms with Crippen LogP contribution in [-0.2, 0) is 15.7 Å². The summed E-state index contributed by atoms with van der Waals surface area (Å²) in [5, 5.41) is 6.16. The summed E-state index contributed by atoms with van der Waals surface area (Å²) < 4.78 is 50.3. The van der Waals surface area contributed by atoms with Crippen LogP contribution in [0.1, 0.15) is 36.8 Å². The van der Waals surface area contributed by atoms with Gasteiger partial charge in [-0.3, -0.25) is 9.59 Å². The van der Waals surface area contributed by atoms with E-state index in [0.29, 0.717) is 23.6 Å². The van der Waals surface area contributed by atoms with E-state index < -0.39 is 24.4 Å². The highest BCUT2D eigenvalue weighted by Crippen LogP contribution is 2.33. The van der Waals surface area contributed by atoms with Gasteiger partial charge in [0.05, 0.1) is 16.3 Å². The summed E-state index contributed by atoms with van der Waals surface area (Å²) in [6.45, 7) is 5.48. The lowest BCUT2D eigenvalue weighted by Gasteiger charge is -2.14. The smallest absolute Gasteiger partial charge is 0.435 e. The van der Waals surface area contributed by atoms with E-state index in [0.717, 1.165) is 4.68 Å². The average Bonchev–Trinajstić information content (AvgIpc) is 3.23. The lowest BCUT2D eigenvalue weighted by atomic mass is 10.2. The van der Waals surface area contributed by atoms with Crippen LogP contribution in [-0.4, -0.2) is 41.3 Å². The van der Waals surface area contributed by atoms with Crippen LogP contribution in [0.4, 0.5) is 18.9 Å². The van der Waals surface area contributed by atoms with E-state index in [4.69, 9.17) is 21.1 Å². The van der Waals surface area contributed by atoms with E-state index in [1.54, 1.807) is 37.4 Å². The maximum absolute atomic E-state index is 13.1. The minimum atomic E-state index is -4.71. The molecule has 0 fully saturated rings. The van der Waals surface area contributed by atoms with E-state index in [-0.39, 0.29) is 22.2 Å². The topological polar surface area (TPSA) is 82.4 Å². The summed E-state index contributed by atoms with van der Waals surface area (Å²) in [5.74, 6) is -0.935. The molecule has 188 valence electrons. The molecule has 1 amide bonds. The van der Waals surface area contributed by atoms with E-state index in [2.05, 4.69) is 10.4 Å². The summed E-state index contributed by atoms with van der Waals surface area (Å²) in [4.78, 5) is 22.9. The molecule has 0 aliphatic heterocycles. The van der Waals surface area contributed by atoms with Gasteiger partial charge >= 0.3 is 6.18 Å². The average molecular weight is 512 g/mol. The Balaban J connectivity index is 0.000000641. The second kappa shape index (κ2) is 11.9. The fraction of sp³-hybridized carbons (Fsp3) is 0.292. The minimum Gasteiger partial charge on any atom is -0.467 e. The number of methoxy groups -OCH3 is 1. The fourth-order valence-electron chi connectivity index (χ4n) is 2.43. The lowest BCUT2D eigenvalue weighted by molar-refractivity contribution is -0.141. The molecule has 11 heteroatoms. The first-order valence-corrected chi connectivity index (χ1v) is 10.7. The number of alkyl halides is 3. The summed E-state index contributed by atoms with van der Waals surface area (Å²) in [5.41, 5.74) is -0.278. The number of aldehydes is 1. The van der Waals surface area contributed by atoms with Crippen molar-refractivity contribution in [2.24, 2.45) is 0 Å². The molecule has 3 rings (SSSR count). The van der Waals surface area contributed by atoms with Gasteiger partial charge in [0, 0.05) is 24.4 Å². The number of rotatable bonds is 6. The van der Waals surface area contributed by atoms with Crippen LogP contribution in [0.15, 0.2) is 54.6 Å². The van der Waals surface area contributed by atoms with Crippen molar-refractivity contribution in [3.05, 3.63) is 70.9 Å². The van der Waals surface area contributed by atoms with E-state index in [1.807, 2.05) is 20.8 Å². The molecule has 0 bridgehead atoms. The zero-order valence-corrected chi connectivity index (χ0v) is 20.3. The molecule has 0 atom stereocenters. The van der Waals surface area contributed by atoms with Gasteiger partial charge in [-0.2, -0.15) is 23.0 Å². The standard InChI is InChI=1S/C19H13ClF3N3O3.C5H12O/c20-14-6-1-2-7-15(14)26-18(9-16(25-26)19(21,22)23)29-11-17(28)24-13-5-3-4-12(8-13)10-27;1-5(2,3)6-4/h1-10H,11H2,(H,24,28);1-4H3. The van der Waals surface area contributed by atoms with Crippen LogP contribution in [0.3, 0.4) is 0 Å². The summed E-state index contributed by atoms with van der Waals surface area (Å²) in [6.07, 6.45) is -4.09. The highest BCUT2D eigenvalue weighted by molar-refractivity contribution is 6.32. The number of hydrogen-bond donors (Lipinski definition) is 1. The number of carbonyl (C=O) groups is 2. The fourth-order valence-corrected chi connectivity index (χ4v) is 2.64. The number of amides is 1. The SMILES string of the molecule is COC(C)(C)C.O=Cc1cccc(NC(=O)COc2cc(C(F)(F)F)nn2-c2ccccc2Cl)c1. The Morgan fingerprint density at radius 2 is 1.77 bits per heavy atom. The number of anilines is 1. The number of para-hydroxylation sites is 1. The van der Waals surface area contributed by atoms with Crippen molar-refractivity contribution in [3.8, 4) is 11.6 Å². The normalized spacial score (nSPS) is 11.3. The Hall–Kier alpha value is -3.37. The first-order valence-electron chi connectivity index (χ1n) is 10.3. The number of carbonyl (C=O) groups excluding carboxylic acids is 2. The summed E-state index contributed by atoms with van der Waals surface area (Å²) >= 11 is 6.05. The quantitative estimate of drug-likeness (QED) is 0.423. The molecule has 1 N–H and O–H groups in total. The molecule has 1 heterocycles. The van der Waals surface area contributed by atoms with Gasteiger partial charge in [-0.25, -0.2) is 0 Å². The Labute approximate surface area is 205 Å². The number of hydrogen-bond acceptors (Lipinski definition) is 5. The number of nitrogens with one attached hydrogen (secondary N) is 1. The van der Waals surface area contributed by atoms with Gasteiger partial charge in [0.2, 0.25) is 5.88 Å². The third-order valence-electron chi connectivity index (χ3n) is 4.32. The van der Waals surface area contributed by atoms with Gasteiger partial charge in [-0.05, 0) is 45.0 Å². The van der Waals surface area contributed by atoms with E-state index in [1.165, 1.54) is 18.2 Å². The van der Waals surface area contributed by atoms with Crippen molar-refractivity contribution in [2.75, 3.05) is 19.0 Å². The van der Waals surface area contributed by atoms with Gasteiger partial charge in [-0.15, -0.1) is 0 Å². The lowest BCUT2D eigenvalue weighted by Crippen LogP contribution is -2.21. The molecule has 3 aromatic rings. The molecule has 35 heavy (non-hydrogen) atoms. The number of halogens is 4. The van der Waals surface area contributed by atoms with Gasteiger partial charge in [0.1, 0.15) is 6.29 Å². The molecule has 0 spiro atoms. The van der Waals surface area contributed by atoms with Crippen LogP contribution in [0.2, 0.25) is 5.02 Å². The van der Waals surface area contributed by atoms with Gasteiger partial charge in [0.25, 0.3) is 5.91 Å². The maximum atomic E-state index is 13.1. The Morgan fingerprint density at radius 1 is 1.11 bits per heavy atom. The molecule has 0 saturated carbocycles. The van der Waals surface area contributed by atoms with Crippen molar-refractivity contribution in [1.29, 1.82) is 0 Å². The number of nitrogens with zero attached hydrogens (tertiary/aromatic N) is 2. The first kappa shape index (κ1) is 27.9. The highest BCUT2D eigenvalue weighted by atomic mass is 35.5.